The summed E-state index contributed by atoms with van der Waals surface area (Å²) in [6.07, 6.45) is -6.67. The van der Waals surface area contributed by atoms with Crippen molar-refractivity contribution in [3.8, 4) is 5.75 Å². The highest BCUT2D eigenvalue weighted by molar-refractivity contribution is 5.83. The molecule has 0 fully saturated rings. The first-order valence-electron chi connectivity index (χ1n) is 6.04. The van der Waals surface area contributed by atoms with Gasteiger partial charge in [-0.15, -0.1) is 0 Å². The Morgan fingerprint density at radius 1 is 1.19 bits per heavy atom. The van der Waals surface area contributed by atoms with Gasteiger partial charge in [-0.2, -0.15) is 13.2 Å². The van der Waals surface area contributed by atoms with Crippen LogP contribution in [0.1, 0.15) is 18.4 Å². The van der Waals surface area contributed by atoms with Gasteiger partial charge in [0, 0.05) is 12.8 Å². The maximum atomic E-state index is 12.0. The summed E-state index contributed by atoms with van der Waals surface area (Å²) in [6, 6.07) is 4.30. The molecule has 0 radical (unpaired) electrons. The van der Waals surface area contributed by atoms with Crippen LogP contribution in [0.3, 0.4) is 0 Å². The Bertz CT molecular complexity index is 499. The normalized spacial score (nSPS) is 12.7. The number of hydrogen-bond donors (Lipinski definition) is 3. The number of carbonyl (C=O) groups is 2. The van der Waals surface area contributed by atoms with E-state index < -0.39 is 36.9 Å². The molecule has 1 atom stereocenters. The number of phenols is 1. The van der Waals surface area contributed by atoms with Crippen LogP contribution >= 0.6 is 0 Å². The molecular formula is C13H14F3NO4. The molecule has 1 aromatic rings. The van der Waals surface area contributed by atoms with Crippen molar-refractivity contribution in [3.63, 3.8) is 0 Å². The number of carbonyl (C=O) groups excluding carboxylic acids is 1. The number of rotatable bonds is 6. The number of halogens is 3. The summed E-state index contributed by atoms with van der Waals surface area (Å²) in [7, 11) is 0. The highest BCUT2D eigenvalue weighted by Crippen LogP contribution is 2.21. The largest absolute Gasteiger partial charge is 0.508 e. The number of hydrogen-bond acceptors (Lipinski definition) is 3. The van der Waals surface area contributed by atoms with Crippen molar-refractivity contribution in [1.29, 1.82) is 0 Å². The summed E-state index contributed by atoms with van der Waals surface area (Å²) in [4.78, 5) is 22.4. The lowest BCUT2D eigenvalue weighted by molar-refractivity contribution is -0.146. The molecular weight excluding hydrogens is 291 g/mol. The van der Waals surface area contributed by atoms with Crippen LogP contribution in [0, 0.1) is 0 Å². The number of aliphatic carboxylic acids is 1. The van der Waals surface area contributed by atoms with Crippen LogP contribution in [-0.4, -0.2) is 34.3 Å². The van der Waals surface area contributed by atoms with Crippen LogP contribution in [-0.2, 0) is 16.0 Å². The molecule has 3 N–H and O–H groups in total. The van der Waals surface area contributed by atoms with Gasteiger partial charge in [0.2, 0.25) is 5.91 Å². The predicted octanol–water partition coefficient (Wildman–Crippen LogP) is 1.85. The molecule has 0 saturated heterocycles. The Morgan fingerprint density at radius 2 is 1.76 bits per heavy atom. The summed E-state index contributed by atoms with van der Waals surface area (Å²) in [5.74, 6) is -2.32. The molecule has 5 nitrogen and oxygen atoms in total. The highest BCUT2D eigenvalue weighted by atomic mass is 19.4. The van der Waals surface area contributed by atoms with Crippen molar-refractivity contribution < 1.29 is 33.0 Å². The van der Waals surface area contributed by atoms with Crippen molar-refractivity contribution in [2.75, 3.05) is 0 Å². The molecule has 0 unspecified atom stereocenters. The minimum absolute atomic E-state index is 0.000150. The van der Waals surface area contributed by atoms with Crippen molar-refractivity contribution in [2.24, 2.45) is 0 Å². The first-order chi connectivity index (χ1) is 9.67. The van der Waals surface area contributed by atoms with Gasteiger partial charge in [-0.1, -0.05) is 12.1 Å². The van der Waals surface area contributed by atoms with Crippen LogP contribution in [0.25, 0.3) is 0 Å². The predicted molar refractivity (Wildman–Crippen MR) is 66.7 cm³/mol. The van der Waals surface area contributed by atoms with Crippen LogP contribution in [0.4, 0.5) is 13.2 Å². The SMILES string of the molecule is O=C(CCC(F)(F)F)N[C@@H](Cc1ccc(O)cc1)C(=O)O. The summed E-state index contributed by atoms with van der Waals surface area (Å²) in [6.45, 7) is 0. The van der Waals surface area contributed by atoms with E-state index in [0.717, 1.165) is 0 Å². The fourth-order valence-corrected chi connectivity index (χ4v) is 1.59. The third-order valence-electron chi connectivity index (χ3n) is 2.65. The lowest BCUT2D eigenvalue weighted by Crippen LogP contribution is -2.42. The van der Waals surface area contributed by atoms with Crippen molar-refractivity contribution in [3.05, 3.63) is 29.8 Å². The lowest BCUT2D eigenvalue weighted by Gasteiger charge is -2.15. The second-order valence-electron chi connectivity index (χ2n) is 4.44. The molecule has 0 heterocycles. The van der Waals surface area contributed by atoms with Gasteiger partial charge in [0.05, 0.1) is 6.42 Å². The highest BCUT2D eigenvalue weighted by Gasteiger charge is 2.29. The Labute approximate surface area is 118 Å². The molecule has 8 heteroatoms. The van der Waals surface area contributed by atoms with Gasteiger partial charge < -0.3 is 15.5 Å². The van der Waals surface area contributed by atoms with Crippen molar-refractivity contribution >= 4 is 11.9 Å². The van der Waals surface area contributed by atoms with Crippen LogP contribution in [0.2, 0.25) is 0 Å². The molecule has 0 bridgehead atoms. The number of nitrogens with one attached hydrogen (secondary N) is 1. The second kappa shape index (κ2) is 6.96. The smallest absolute Gasteiger partial charge is 0.389 e. The molecule has 1 rings (SSSR count). The average Bonchev–Trinajstić information content (AvgIpc) is 2.37. The van der Waals surface area contributed by atoms with E-state index >= 15 is 0 Å². The van der Waals surface area contributed by atoms with Crippen molar-refractivity contribution in [2.45, 2.75) is 31.5 Å². The van der Waals surface area contributed by atoms with Crippen LogP contribution in [0.15, 0.2) is 24.3 Å². The number of phenolic OH excluding ortho intramolecular Hbond substituents is 1. The van der Waals surface area contributed by atoms with Crippen molar-refractivity contribution in [1.82, 2.24) is 5.32 Å². The van der Waals surface area contributed by atoms with Gasteiger partial charge in [-0.3, -0.25) is 4.79 Å². The molecule has 21 heavy (non-hydrogen) atoms. The maximum absolute atomic E-state index is 12.0. The zero-order valence-corrected chi connectivity index (χ0v) is 10.9. The summed E-state index contributed by atoms with van der Waals surface area (Å²) < 4.78 is 35.9. The zero-order chi connectivity index (χ0) is 16.0. The average molecular weight is 305 g/mol. The minimum atomic E-state index is -4.47. The van der Waals surface area contributed by atoms with E-state index in [0.29, 0.717) is 5.56 Å². The van der Waals surface area contributed by atoms with E-state index in [1.165, 1.54) is 24.3 Å². The molecule has 0 aromatic heterocycles. The molecule has 0 aliphatic rings. The summed E-state index contributed by atoms with van der Waals surface area (Å²) >= 11 is 0. The number of benzene rings is 1. The van der Waals surface area contributed by atoms with E-state index in [1.54, 1.807) is 0 Å². The van der Waals surface area contributed by atoms with Gasteiger partial charge in [0.15, 0.2) is 0 Å². The number of aromatic hydroxyl groups is 1. The fraction of sp³-hybridized carbons (Fsp3) is 0.385. The molecule has 1 amide bonds. The minimum Gasteiger partial charge on any atom is -0.508 e. The topological polar surface area (TPSA) is 86.6 Å². The Kier molecular flexibility index (Phi) is 5.57. The van der Waals surface area contributed by atoms with Gasteiger partial charge >= 0.3 is 12.1 Å². The number of carboxylic acid groups (broad SMARTS) is 1. The van der Waals surface area contributed by atoms with Gasteiger partial charge in [0.25, 0.3) is 0 Å². The van der Waals surface area contributed by atoms with E-state index in [9.17, 15) is 22.8 Å². The van der Waals surface area contributed by atoms with E-state index in [1.807, 2.05) is 0 Å². The third kappa shape index (κ3) is 6.64. The Hall–Kier alpha value is -2.25. The molecule has 0 spiro atoms. The van der Waals surface area contributed by atoms with Gasteiger partial charge in [-0.05, 0) is 17.7 Å². The number of alkyl halides is 3. The van der Waals surface area contributed by atoms with Gasteiger partial charge in [-0.25, -0.2) is 4.79 Å². The quantitative estimate of drug-likeness (QED) is 0.748. The lowest BCUT2D eigenvalue weighted by atomic mass is 10.1. The first kappa shape index (κ1) is 16.8. The molecule has 0 saturated carbocycles. The molecule has 0 aliphatic carbocycles. The number of amides is 1. The summed E-state index contributed by atoms with van der Waals surface area (Å²) in [5.41, 5.74) is 0.524. The maximum Gasteiger partial charge on any atom is 0.389 e. The fourth-order valence-electron chi connectivity index (χ4n) is 1.59. The standard InChI is InChI=1S/C13H14F3NO4/c14-13(15,16)6-5-11(19)17-10(12(20)21)7-8-1-3-9(18)4-2-8/h1-4,10,18H,5-7H2,(H,17,19)(H,20,21)/t10-/m0/s1. The third-order valence-corrected chi connectivity index (χ3v) is 2.65. The Morgan fingerprint density at radius 3 is 2.24 bits per heavy atom. The van der Waals surface area contributed by atoms with E-state index in [2.05, 4.69) is 5.32 Å². The second-order valence-corrected chi connectivity index (χ2v) is 4.44. The van der Waals surface area contributed by atoms with E-state index in [4.69, 9.17) is 10.2 Å². The van der Waals surface area contributed by atoms with E-state index in [-0.39, 0.29) is 12.2 Å². The monoisotopic (exact) mass is 305 g/mol. The molecule has 116 valence electrons. The summed E-state index contributed by atoms with van der Waals surface area (Å²) in [5, 5.41) is 20.1. The first-order valence-corrected chi connectivity index (χ1v) is 6.04. The van der Waals surface area contributed by atoms with Crippen LogP contribution < -0.4 is 5.32 Å². The molecule has 0 aliphatic heterocycles. The Balaban J connectivity index is 2.59. The van der Waals surface area contributed by atoms with Crippen LogP contribution in [0.5, 0.6) is 5.75 Å². The number of carboxylic acids is 1. The van der Waals surface area contributed by atoms with Gasteiger partial charge in [0.1, 0.15) is 11.8 Å². The molecule has 1 aromatic carbocycles. The zero-order valence-electron chi connectivity index (χ0n) is 10.9.